The van der Waals surface area contributed by atoms with Crippen LogP contribution in [-0.4, -0.2) is 39.4 Å². The Bertz CT molecular complexity index is 1030. The molecule has 7 heteroatoms. The van der Waals surface area contributed by atoms with Crippen LogP contribution in [0.25, 0.3) is 5.69 Å². The highest BCUT2D eigenvalue weighted by Crippen LogP contribution is 2.31. The van der Waals surface area contributed by atoms with Crippen molar-refractivity contribution in [2.45, 2.75) is 20.1 Å². The van der Waals surface area contributed by atoms with Crippen molar-refractivity contribution in [3.8, 4) is 5.69 Å². The molecule has 0 aliphatic carbocycles. The van der Waals surface area contributed by atoms with Gasteiger partial charge in [-0.1, -0.05) is 29.8 Å². The summed E-state index contributed by atoms with van der Waals surface area (Å²) in [5.74, 6) is 0.553. The lowest BCUT2D eigenvalue weighted by Gasteiger charge is -2.18. The molecule has 3 aromatic rings. The Kier molecular flexibility index (Phi) is 6.35. The molecule has 0 saturated heterocycles. The highest BCUT2D eigenvalue weighted by atomic mass is 79.9. The summed E-state index contributed by atoms with van der Waals surface area (Å²) < 4.78 is 2.52. The van der Waals surface area contributed by atoms with Crippen molar-refractivity contribution >= 4 is 33.3 Å². The predicted octanol–water partition coefficient (Wildman–Crippen LogP) is 4.38. The minimum absolute atomic E-state index is 0.182. The van der Waals surface area contributed by atoms with E-state index in [1.54, 1.807) is 24.3 Å². The Balaban J connectivity index is 2.27. The highest BCUT2D eigenvalue weighted by molar-refractivity contribution is 9.10. The number of aryl methyl sites for hydroxylation is 1. The second-order valence-corrected chi connectivity index (χ2v) is 8.00. The fourth-order valence-corrected chi connectivity index (χ4v) is 3.95. The van der Waals surface area contributed by atoms with Gasteiger partial charge in [-0.2, -0.15) is 0 Å². The lowest BCUT2D eigenvalue weighted by Crippen LogP contribution is -2.18. The molecule has 0 radical (unpaired) electrons. The molecule has 0 spiro atoms. The number of nitrogens with zero attached hydrogens (tertiary/aromatic N) is 3. The number of ketones is 1. The number of carbonyl (C=O) groups excluding carboxylic acids is 1. The van der Waals surface area contributed by atoms with E-state index < -0.39 is 0 Å². The smallest absolute Gasteiger partial charge is 0.197 e. The highest BCUT2D eigenvalue weighted by Gasteiger charge is 2.24. The molecule has 5 nitrogen and oxygen atoms in total. The van der Waals surface area contributed by atoms with Gasteiger partial charge in [0.2, 0.25) is 0 Å². The predicted molar refractivity (Wildman–Crippen MR) is 114 cm³/mol. The van der Waals surface area contributed by atoms with Gasteiger partial charge in [0.1, 0.15) is 5.82 Å². The summed E-state index contributed by atoms with van der Waals surface area (Å²) in [6.45, 7) is 2.24. The standard InChI is InChI=1S/C21H21BrClN3O2/c1-13-18(12-27)26(19(24-13)11-25(2)3)17-10-6-8-15(22)20(17)21(28)14-7-4-5-9-16(14)23/h4-10,27H,11-12H2,1-3H3. The maximum absolute atomic E-state index is 13.4. The van der Waals surface area contributed by atoms with Crippen LogP contribution in [0.4, 0.5) is 0 Å². The topological polar surface area (TPSA) is 58.4 Å². The molecule has 2 aromatic carbocycles. The van der Waals surface area contributed by atoms with Gasteiger partial charge < -0.3 is 10.0 Å². The van der Waals surface area contributed by atoms with Gasteiger partial charge in [-0.15, -0.1) is 0 Å². The minimum atomic E-state index is -0.195. The fourth-order valence-electron chi connectivity index (χ4n) is 3.19. The van der Waals surface area contributed by atoms with Gasteiger partial charge in [0.25, 0.3) is 0 Å². The molecule has 146 valence electrons. The van der Waals surface area contributed by atoms with Gasteiger partial charge in [0.05, 0.1) is 40.8 Å². The van der Waals surface area contributed by atoms with E-state index in [0.717, 1.165) is 11.5 Å². The van der Waals surface area contributed by atoms with Crippen LogP contribution in [0, 0.1) is 6.92 Å². The average Bonchev–Trinajstić information content (AvgIpc) is 2.95. The number of hydrogen-bond acceptors (Lipinski definition) is 4. The van der Waals surface area contributed by atoms with Gasteiger partial charge in [0, 0.05) is 10.0 Å². The van der Waals surface area contributed by atoms with E-state index in [2.05, 4.69) is 20.9 Å². The summed E-state index contributed by atoms with van der Waals surface area (Å²) in [6.07, 6.45) is 0. The van der Waals surface area contributed by atoms with Crippen LogP contribution in [0.15, 0.2) is 46.9 Å². The molecular formula is C21H21BrClN3O2. The van der Waals surface area contributed by atoms with Gasteiger partial charge in [0.15, 0.2) is 5.78 Å². The van der Waals surface area contributed by atoms with Crippen molar-refractivity contribution in [2.75, 3.05) is 14.1 Å². The monoisotopic (exact) mass is 461 g/mol. The first-order valence-electron chi connectivity index (χ1n) is 8.76. The Hall–Kier alpha value is -1.99. The fraction of sp³-hybridized carbons (Fsp3) is 0.238. The Morgan fingerprint density at radius 2 is 1.93 bits per heavy atom. The third kappa shape index (κ3) is 3.91. The number of rotatable bonds is 6. The number of imidazole rings is 1. The molecule has 0 aliphatic rings. The number of hydrogen-bond donors (Lipinski definition) is 1. The molecule has 0 fully saturated rings. The van der Waals surface area contributed by atoms with Crippen LogP contribution in [0.1, 0.15) is 33.1 Å². The van der Waals surface area contributed by atoms with Crippen molar-refractivity contribution in [2.24, 2.45) is 0 Å². The van der Waals surface area contributed by atoms with E-state index in [1.807, 2.05) is 48.7 Å². The van der Waals surface area contributed by atoms with Crippen LogP contribution in [0.2, 0.25) is 5.02 Å². The van der Waals surface area contributed by atoms with Gasteiger partial charge in [-0.25, -0.2) is 4.98 Å². The van der Waals surface area contributed by atoms with E-state index in [9.17, 15) is 9.90 Å². The van der Waals surface area contributed by atoms with Crippen molar-refractivity contribution in [1.82, 2.24) is 14.5 Å². The molecule has 0 bridgehead atoms. The lowest BCUT2D eigenvalue weighted by molar-refractivity contribution is 0.103. The van der Waals surface area contributed by atoms with Crippen molar-refractivity contribution in [3.63, 3.8) is 0 Å². The van der Waals surface area contributed by atoms with Gasteiger partial charge in [-0.05, 0) is 61.2 Å². The van der Waals surface area contributed by atoms with Crippen molar-refractivity contribution in [3.05, 3.63) is 80.3 Å². The maximum Gasteiger partial charge on any atom is 0.197 e. The third-order valence-corrected chi connectivity index (χ3v) is 5.42. The zero-order valence-corrected chi connectivity index (χ0v) is 18.3. The zero-order chi connectivity index (χ0) is 20.4. The molecule has 1 heterocycles. The van der Waals surface area contributed by atoms with Gasteiger partial charge in [-0.3, -0.25) is 9.36 Å². The quantitative estimate of drug-likeness (QED) is 0.552. The molecule has 28 heavy (non-hydrogen) atoms. The normalized spacial score (nSPS) is 11.2. The first kappa shape index (κ1) is 20.7. The Morgan fingerprint density at radius 3 is 2.57 bits per heavy atom. The molecule has 0 aliphatic heterocycles. The third-order valence-electron chi connectivity index (χ3n) is 4.43. The van der Waals surface area contributed by atoms with E-state index in [-0.39, 0.29) is 12.4 Å². The van der Waals surface area contributed by atoms with E-state index in [1.165, 1.54) is 0 Å². The van der Waals surface area contributed by atoms with Crippen LogP contribution in [0.5, 0.6) is 0 Å². The SMILES string of the molecule is Cc1nc(CN(C)C)n(-c2cccc(Br)c2C(=O)c2ccccc2Cl)c1CO. The lowest BCUT2D eigenvalue weighted by atomic mass is 10.0. The van der Waals surface area contributed by atoms with E-state index >= 15 is 0 Å². The van der Waals surface area contributed by atoms with Crippen LogP contribution in [-0.2, 0) is 13.2 Å². The Labute approximate surface area is 177 Å². The summed E-state index contributed by atoms with van der Waals surface area (Å²) >= 11 is 9.81. The second kappa shape index (κ2) is 8.57. The number of benzene rings is 2. The van der Waals surface area contributed by atoms with Gasteiger partial charge >= 0.3 is 0 Å². The molecule has 3 rings (SSSR count). The summed E-state index contributed by atoms with van der Waals surface area (Å²) in [7, 11) is 3.90. The molecule has 0 unspecified atom stereocenters. The first-order valence-corrected chi connectivity index (χ1v) is 9.93. The molecule has 0 amide bonds. The summed E-state index contributed by atoms with van der Waals surface area (Å²) in [6, 6.07) is 12.5. The number of aliphatic hydroxyl groups is 1. The number of carbonyl (C=O) groups is 1. The first-order chi connectivity index (χ1) is 13.3. The molecule has 0 atom stereocenters. The molecular weight excluding hydrogens is 442 g/mol. The molecule has 0 saturated carbocycles. The van der Waals surface area contributed by atoms with Crippen molar-refractivity contribution < 1.29 is 9.90 Å². The van der Waals surface area contributed by atoms with E-state index in [0.29, 0.717) is 38.5 Å². The number of halogens is 2. The number of aliphatic hydroxyl groups excluding tert-OH is 1. The van der Waals surface area contributed by atoms with Crippen LogP contribution in [0.3, 0.4) is 0 Å². The minimum Gasteiger partial charge on any atom is -0.390 e. The summed E-state index contributed by atoms with van der Waals surface area (Å²) in [4.78, 5) is 20.0. The summed E-state index contributed by atoms with van der Waals surface area (Å²) in [5, 5.41) is 10.4. The maximum atomic E-state index is 13.4. The molecule has 1 aromatic heterocycles. The van der Waals surface area contributed by atoms with Crippen molar-refractivity contribution in [1.29, 1.82) is 0 Å². The molecule has 1 N–H and O–H groups in total. The van der Waals surface area contributed by atoms with E-state index in [4.69, 9.17) is 11.6 Å². The average molecular weight is 463 g/mol. The zero-order valence-electron chi connectivity index (χ0n) is 15.9. The van der Waals surface area contributed by atoms with Crippen LogP contribution < -0.4 is 0 Å². The van der Waals surface area contributed by atoms with Crippen LogP contribution >= 0.6 is 27.5 Å². The number of aromatic nitrogens is 2. The largest absolute Gasteiger partial charge is 0.390 e. The summed E-state index contributed by atoms with van der Waals surface area (Å²) in [5.41, 5.74) is 2.94. The second-order valence-electron chi connectivity index (χ2n) is 6.73. The Morgan fingerprint density at radius 1 is 1.21 bits per heavy atom.